The summed E-state index contributed by atoms with van der Waals surface area (Å²) in [5, 5.41) is 12.5. The first kappa shape index (κ1) is 16.9. The van der Waals surface area contributed by atoms with Crippen molar-refractivity contribution in [1.82, 2.24) is 20.3 Å². The van der Waals surface area contributed by atoms with Crippen molar-refractivity contribution in [3.63, 3.8) is 0 Å². The van der Waals surface area contributed by atoms with Gasteiger partial charge in [-0.1, -0.05) is 42.4 Å². The normalized spacial score (nSPS) is 16.0. The van der Waals surface area contributed by atoms with Gasteiger partial charge in [0, 0.05) is 6.42 Å². The van der Waals surface area contributed by atoms with E-state index in [4.69, 9.17) is 18.4 Å². The number of benzene rings is 1. The molecule has 0 fully saturated rings. The lowest BCUT2D eigenvalue weighted by Gasteiger charge is -2.23. The Hall–Kier alpha value is -2.55. The Bertz CT molecular complexity index is 866. The Morgan fingerprint density at radius 1 is 1.19 bits per heavy atom. The van der Waals surface area contributed by atoms with Gasteiger partial charge < -0.3 is 18.4 Å². The maximum absolute atomic E-state index is 5.86. The number of hydrogen-bond acceptors (Lipinski definition) is 9. The molecule has 0 bridgehead atoms. The van der Waals surface area contributed by atoms with Gasteiger partial charge in [-0.25, -0.2) is 0 Å². The molecule has 9 heteroatoms. The number of unbranched alkanes of at least 4 members (excludes halogenated alkanes) is 1. The monoisotopic (exact) mass is 374 g/mol. The van der Waals surface area contributed by atoms with Gasteiger partial charge >= 0.3 is 0 Å². The molecule has 136 valence electrons. The molecular formula is C17H18N4O4S. The quantitative estimate of drug-likeness (QED) is 0.575. The molecule has 4 rings (SSSR count). The summed E-state index contributed by atoms with van der Waals surface area (Å²) < 4.78 is 22.4. The molecule has 1 aromatic carbocycles. The van der Waals surface area contributed by atoms with Gasteiger partial charge in [-0.2, -0.15) is 4.98 Å². The zero-order valence-electron chi connectivity index (χ0n) is 14.3. The molecule has 1 unspecified atom stereocenters. The fourth-order valence-electron chi connectivity index (χ4n) is 2.46. The highest BCUT2D eigenvalue weighted by Crippen LogP contribution is 2.36. The Morgan fingerprint density at radius 3 is 2.96 bits per heavy atom. The summed E-state index contributed by atoms with van der Waals surface area (Å²) in [6.07, 6.45) is 2.55. The van der Waals surface area contributed by atoms with Crippen LogP contribution >= 0.6 is 11.8 Å². The topological polar surface area (TPSA) is 96.3 Å². The molecule has 3 heterocycles. The van der Waals surface area contributed by atoms with Gasteiger partial charge in [-0.15, -0.1) is 10.2 Å². The summed E-state index contributed by atoms with van der Waals surface area (Å²) in [6.45, 7) is 2.46. The summed E-state index contributed by atoms with van der Waals surface area (Å²) in [6, 6.07) is 7.49. The molecule has 0 N–H and O–H groups in total. The van der Waals surface area contributed by atoms with Crippen LogP contribution in [-0.4, -0.2) is 26.9 Å². The Kier molecular flexibility index (Phi) is 5.05. The minimum absolute atomic E-state index is 0.327. The molecule has 0 saturated carbocycles. The molecule has 1 atom stereocenters. The highest BCUT2D eigenvalue weighted by atomic mass is 32.2. The molecule has 0 radical (unpaired) electrons. The fraction of sp³-hybridized carbons (Fsp3) is 0.412. The molecule has 1 aliphatic heterocycles. The van der Waals surface area contributed by atoms with E-state index in [1.54, 1.807) is 0 Å². The van der Waals surface area contributed by atoms with Gasteiger partial charge in [0.25, 0.3) is 11.1 Å². The standard InChI is InChI=1S/C17H18N4O4S/c1-2-3-8-14-18-15(25-21-14)10-26-17-20-19-16(24-17)13-9-22-11-6-4-5-7-12(11)23-13/h4-7,13H,2-3,8-10H2,1H3. The van der Waals surface area contributed by atoms with Crippen LogP contribution < -0.4 is 9.47 Å². The third kappa shape index (κ3) is 3.82. The number of nitrogens with zero attached hydrogens (tertiary/aromatic N) is 4. The van der Waals surface area contributed by atoms with Gasteiger partial charge in [0.15, 0.2) is 17.3 Å². The van der Waals surface area contributed by atoms with Crippen LogP contribution in [0.1, 0.15) is 43.5 Å². The van der Waals surface area contributed by atoms with E-state index in [1.165, 1.54) is 11.8 Å². The number of aromatic nitrogens is 4. The predicted octanol–water partition coefficient (Wildman–Crippen LogP) is 3.60. The van der Waals surface area contributed by atoms with Gasteiger partial charge in [0.2, 0.25) is 12.0 Å². The van der Waals surface area contributed by atoms with Crippen molar-refractivity contribution in [2.75, 3.05) is 6.61 Å². The van der Waals surface area contributed by atoms with Crippen LogP contribution in [0.4, 0.5) is 0 Å². The number of fused-ring (bicyclic) bond motifs is 1. The van der Waals surface area contributed by atoms with Crippen molar-refractivity contribution in [3.05, 3.63) is 41.9 Å². The molecule has 1 aliphatic rings. The van der Waals surface area contributed by atoms with Crippen molar-refractivity contribution in [2.45, 2.75) is 43.3 Å². The molecule has 3 aromatic rings. The zero-order chi connectivity index (χ0) is 17.8. The number of thioether (sulfide) groups is 1. The largest absolute Gasteiger partial charge is 0.485 e. The van der Waals surface area contributed by atoms with Crippen LogP contribution in [0.15, 0.2) is 38.4 Å². The number of rotatable bonds is 7. The van der Waals surface area contributed by atoms with Gasteiger partial charge in [0.05, 0.1) is 5.75 Å². The average Bonchev–Trinajstić information content (AvgIpc) is 3.34. The SMILES string of the molecule is CCCCc1noc(CSc2nnc(C3COc4ccccc4O3)o2)n1. The second-order valence-electron chi connectivity index (χ2n) is 5.77. The van der Waals surface area contributed by atoms with Crippen molar-refractivity contribution >= 4 is 11.8 Å². The van der Waals surface area contributed by atoms with Crippen LogP contribution in [0.3, 0.4) is 0 Å². The van der Waals surface area contributed by atoms with E-state index in [1.807, 2.05) is 24.3 Å². The summed E-state index contributed by atoms with van der Waals surface area (Å²) in [5.41, 5.74) is 0. The smallest absolute Gasteiger partial charge is 0.277 e. The summed E-state index contributed by atoms with van der Waals surface area (Å²) in [5.74, 6) is 3.53. The van der Waals surface area contributed by atoms with Crippen LogP contribution in [0, 0.1) is 0 Å². The zero-order valence-corrected chi connectivity index (χ0v) is 15.1. The maximum Gasteiger partial charge on any atom is 0.277 e. The highest BCUT2D eigenvalue weighted by Gasteiger charge is 2.27. The lowest BCUT2D eigenvalue weighted by Crippen LogP contribution is -2.21. The van der Waals surface area contributed by atoms with Crippen LogP contribution in [0.2, 0.25) is 0 Å². The third-order valence-electron chi connectivity index (χ3n) is 3.79. The number of para-hydroxylation sites is 2. The van der Waals surface area contributed by atoms with E-state index >= 15 is 0 Å². The highest BCUT2D eigenvalue weighted by molar-refractivity contribution is 7.98. The molecule has 2 aromatic heterocycles. The van der Waals surface area contributed by atoms with Crippen molar-refractivity contribution in [3.8, 4) is 11.5 Å². The summed E-state index contributed by atoms with van der Waals surface area (Å²) in [4.78, 5) is 4.35. The minimum Gasteiger partial charge on any atom is -0.485 e. The third-order valence-corrected chi connectivity index (χ3v) is 4.59. The summed E-state index contributed by atoms with van der Waals surface area (Å²) >= 11 is 1.35. The molecule has 0 saturated heterocycles. The number of aryl methyl sites for hydroxylation is 1. The fourth-order valence-corrected chi connectivity index (χ4v) is 3.07. The second kappa shape index (κ2) is 7.77. The Balaban J connectivity index is 1.34. The molecular weight excluding hydrogens is 356 g/mol. The Morgan fingerprint density at radius 2 is 2.08 bits per heavy atom. The second-order valence-corrected chi connectivity index (χ2v) is 6.69. The molecule has 8 nitrogen and oxygen atoms in total. The lowest BCUT2D eigenvalue weighted by molar-refractivity contribution is 0.0686. The van der Waals surface area contributed by atoms with E-state index in [0.717, 1.165) is 25.1 Å². The average molecular weight is 374 g/mol. The van der Waals surface area contributed by atoms with E-state index in [-0.39, 0.29) is 0 Å². The first-order valence-corrected chi connectivity index (χ1v) is 9.46. The van der Waals surface area contributed by atoms with Crippen LogP contribution in [0.5, 0.6) is 11.5 Å². The van der Waals surface area contributed by atoms with Crippen molar-refractivity contribution in [2.24, 2.45) is 0 Å². The molecule has 0 spiro atoms. The first-order valence-electron chi connectivity index (χ1n) is 8.48. The minimum atomic E-state index is -0.421. The van der Waals surface area contributed by atoms with E-state index < -0.39 is 6.10 Å². The Labute approximate surface area is 154 Å². The predicted molar refractivity (Wildman–Crippen MR) is 92.1 cm³/mol. The van der Waals surface area contributed by atoms with E-state index in [0.29, 0.717) is 40.9 Å². The van der Waals surface area contributed by atoms with Crippen LogP contribution in [-0.2, 0) is 12.2 Å². The number of ether oxygens (including phenoxy) is 2. The summed E-state index contributed by atoms with van der Waals surface area (Å²) in [7, 11) is 0. The van der Waals surface area contributed by atoms with E-state index in [9.17, 15) is 0 Å². The maximum atomic E-state index is 5.86. The molecule has 26 heavy (non-hydrogen) atoms. The molecule has 0 aliphatic carbocycles. The van der Waals surface area contributed by atoms with Gasteiger partial charge in [-0.05, 0) is 18.6 Å². The van der Waals surface area contributed by atoms with Crippen molar-refractivity contribution in [1.29, 1.82) is 0 Å². The van der Waals surface area contributed by atoms with Gasteiger partial charge in [0.1, 0.15) is 6.61 Å². The van der Waals surface area contributed by atoms with E-state index in [2.05, 4.69) is 27.3 Å². The lowest BCUT2D eigenvalue weighted by atomic mass is 10.2. The van der Waals surface area contributed by atoms with Crippen molar-refractivity contribution < 1.29 is 18.4 Å². The molecule has 0 amide bonds. The number of hydrogen-bond donors (Lipinski definition) is 0. The van der Waals surface area contributed by atoms with Crippen LogP contribution in [0.25, 0.3) is 0 Å². The first-order chi connectivity index (χ1) is 12.8. The van der Waals surface area contributed by atoms with Gasteiger partial charge in [-0.3, -0.25) is 0 Å².